The minimum absolute atomic E-state index is 0.246. The minimum Gasteiger partial charge on any atom is -0.481 e. The average Bonchev–Trinajstić information content (AvgIpc) is 2.33. The number of thioether (sulfide) groups is 1. The number of carboxylic acid groups (broad SMARTS) is 1. The maximum absolute atomic E-state index is 10.3. The van der Waals surface area contributed by atoms with Crippen molar-refractivity contribution in [2.24, 2.45) is 0 Å². The summed E-state index contributed by atoms with van der Waals surface area (Å²) in [6.45, 7) is 1.38. The zero-order valence-corrected chi connectivity index (χ0v) is 10.6. The molecule has 1 aromatic rings. The van der Waals surface area contributed by atoms with Crippen LogP contribution in [0.2, 0.25) is 0 Å². The highest BCUT2D eigenvalue weighted by molar-refractivity contribution is 7.99. The second-order valence-corrected chi connectivity index (χ2v) is 4.87. The van der Waals surface area contributed by atoms with Crippen molar-refractivity contribution >= 4 is 17.7 Å². The van der Waals surface area contributed by atoms with Gasteiger partial charge in [0.25, 0.3) is 0 Å². The van der Waals surface area contributed by atoms with Gasteiger partial charge in [0.05, 0.1) is 13.0 Å². The molecule has 3 nitrogen and oxygen atoms in total. The van der Waals surface area contributed by atoms with Gasteiger partial charge in [0.1, 0.15) is 0 Å². The highest BCUT2D eigenvalue weighted by Gasteiger charge is 1.97. The van der Waals surface area contributed by atoms with Gasteiger partial charge in [0.2, 0.25) is 0 Å². The fourth-order valence-corrected chi connectivity index (χ4v) is 2.13. The predicted molar refractivity (Wildman–Crippen MR) is 70.3 cm³/mol. The van der Waals surface area contributed by atoms with Gasteiger partial charge in [-0.1, -0.05) is 30.3 Å². The number of hydrogen-bond donors (Lipinski definition) is 1. The number of benzene rings is 1. The van der Waals surface area contributed by atoms with Crippen molar-refractivity contribution in [1.82, 2.24) is 0 Å². The second kappa shape index (κ2) is 9.07. The van der Waals surface area contributed by atoms with Crippen molar-refractivity contribution in [3.8, 4) is 0 Å². The van der Waals surface area contributed by atoms with Gasteiger partial charge >= 0.3 is 5.97 Å². The van der Waals surface area contributed by atoms with Crippen LogP contribution in [0.15, 0.2) is 30.3 Å². The maximum atomic E-state index is 10.3. The molecular formula is C13H18O3S. The van der Waals surface area contributed by atoms with Gasteiger partial charge in [-0.3, -0.25) is 4.79 Å². The van der Waals surface area contributed by atoms with Gasteiger partial charge in [-0.15, -0.1) is 0 Å². The Bertz CT molecular complexity index is 314. The molecule has 0 fully saturated rings. The van der Waals surface area contributed by atoms with Gasteiger partial charge in [-0.2, -0.15) is 11.8 Å². The molecular weight excluding hydrogens is 236 g/mol. The van der Waals surface area contributed by atoms with Crippen LogP contribution in [0.1, 0.15) is 18.4 Å². The van der Waals surface area contributed by atoms with Crippen molar-refractivity contribution in [3.63, 3.8) is 0 Å². The molecule has 0 aliphatic rings. The fourth-order valence-electron chi connectivity index (χ4n) is 1.29. The molecule has 0 heterocycles. The van der Waals surface area contributed by atoms with Crippen LogP contribution in [0.25, 0.3) is 0 Å². The summed E-state index contributed by atoms with van der Waals surface area (Å²) in [5.74, 6) is 0.925. The molecule has 0 radical (unpaired) electrons. The third kappa shape index (κ3) is 7.82. The third-order valence-corrected chi connectivity index (χ3v) is 3.22. The summed E-state index contributed by atoms with van der Waals surface area (Å²) in [4.78, 5) is 10.3. The lowest BCUT2D eigenvalue weighted by Crippen LogP contribution is -1.99. The molecule has 0 amide bonds. The number of aliphatic carboxylic acids is 1. The van der Waals surface area contributed by atoms with Gasteiger partial charge in [-0.05, 0) is 17.7 Å². The molecule has 94 valence electrons. The first-order valence-electron chi connectivity index (χ1n) is 5.70. The number of carboxylic acids is 1. The molecule has 0 spiro atoms. The highest BCUT2D eigenvalue weighted by atomic mass is 32.2. The molecule has 0 saturated carbocycles. The zero-order valence-electron chi connectivity index (χ0n) is 9.80. The Labute approximate surface area is 106 Å². The Balaban J connectivity index is 1.90. The van der Waals surface area contributed by atoms with Crippen molar-refractivity contribution in [2.45, 2.75) is 19.4 Å². The molecule has 0 bridgehead atoms. The van der Waals surface area contributed by atoms with E-state index in [0.29, 0.717) is 12.4 Å². The topological polar surface area (TPSA) is 46.5 Å². The zero-order chi connectivity index (χ0) is 12.3. The summed E-state index contributed by atoms with van der Waals surface area (Å²) >= 11 is 1.67. The first-order chi connectivity index (χ1) is 8.29. The summed E-state index contributed by atoms with van der Waals surface area (Å²) in [6, 6.07) is 10.1. The predicted octanol–water partition coefficient (Wildman–Crippen LogP) is 2.80. The lowest BCUT2D eigenvalue weighted by atomic mass is 10.2. The largest absolute Gasteiger partial charge is 0.481 e. The van der Waals surface area contributed by atoms with E-state index >= 15 is 0 Å². The third-order valence-electron chi connectivity index (χ3n) is 2.15. The number of carbonyl (C=O) groups is 1. The van der Waals surface area contributed by atoms with Crippen LogP contribution in [0.4, 0.5) is 0 Å². The maximum Gasteiger partial charge on any atom is 0.304 e. The van der Waals surface area contributed by atoms with E-state index in [1.54, 1.807) is 11.8 Å². The quantitative estimate of drug-likeness (QED) is 0.688. The first kappa shape index (κ1) is 14.1. The van der Waals surface area contributed by atoms with Crippen LogP contribution in [0, 0.1) is 0 Å². The van der Waals surface area contributed by atoms with Gasteiger partial charge in [-0.25, -0.2) is 0 Å². The van der Waals surface area contributed by atoms with Crippen molar-refractivity contribution in [2.75, 3.05) is 18.1 Å². The summed E-state index contributed by atoms with van der Waals surface area (Å²) in [6.07, 6.45) is 1.21. The summed E-state index contributed by atoms with van der Waals surface area (Å²) in [5, 5.41) is 8.44. The monoisotopic (exact) mass is 254 g/mol. The molecule has 17 heavy (non-hydrogen) atoms. The van der Waals surface area contributed by atoms with Crippen LogP contribution >= 0.6 is 11.8 Å². The molecule has 0 aliphatic carbocycles. The van der Waals surface area contributed by atoms with Crippen LogP contribution in [-0.4, -0.2) is 29.2 Å². The van der Waals surface area contributed by atoms with E-state index in [1.165, 1.54) is 5.56 Å². The number of ether oxygens (including phenoxy) is 1. The van der Waals surface area contributed by atoms with Crippen LogP contribution < -0.4 is 0 Å². The Morgan fingerprint density at radius 3 is 2.71 bits per heavy atom. The smallest absolute Gasteiger partial charge is 0.304 e. The first-order valence-corrected chi connectivity index (χ1v) is 6.85. The lowest BCUT2D eigenvalue weighted by molar-refractivity contribution is -0.136. The lowest BCUT2D eigenvalue weighted by Gasteiger charge is -2.04. The molecule has 0 saturated heterocycles. The summed E-state index contributed by atoms with van der Waals surface area (Å²) < 4.78 is 5.52. The standard InChI is InChI=1S/C13H18O3S/c14-13(15)7-10-17-9-4-8-16-11-12-5-2-1-3-6-12/h1-3,5-6H,4,7-11H2,(H,14,15). The Hall–Kier alpha value is -1.00. The van der Waals surface area contributed by atoms with E-state index in [4.69, 9.17) is 9.84 Å². The molecule has 0 atom stereocenters. The Kier molecular flexibility index (Phi) is 7.51. The molecule has 4 heteroatoms. The molecule has 0 unspecified atom stereocenters. The molecule has 0 aromatic heterocycles. The van der Waals surface area contributed by atoms with Crippen molar-refractivity contribution in [1.29, 1.82) is 0 Å². The van der Waals surface area contributed by atoms with Gasteiger partial charge in [0.15, 0.2) is 0 Å². The molecule has 1 N–H and O–H groups in total. The summed E-state index contributed by atoms with van der Waals surface area (Å²) in [5.41, 5.74) is 1.19. The van der Waals surface area contributed by atoms with Gasteiger partial charge in [0, 0.05) is 12.4 Å². The Morgan fingerprint density at radius 1 is 1.24 bits per heavy atom. The molecule has 0 aliphatic heterocycles. The number of rotatable bonds is 9. The van der Waals surface area contributed by atoms with Crippen molar-refractivity contribution < 1.29 is 14.6 Å². The second-order valence-electron chi connectivity index (χ2n) is 3.65. The SMILES string of the molecule is O=C(O)CCSCCCOCc1ccccc1. The van der Waals surface area contributed by atoms with E-state index in [0.717, 1.165) is 18.8 Å². The number of hydrogen-bond acceptors (Lipinski definition) is 3. The van der Waals surface area contributed by atoms with Crippen molar-refractivity contribution in [3.05, 3.63) is 35.9 Å². The normalized spacial score (nSPS) is 10.4. The fraction of sp³-hybridized carbons (Fsp3) is 0.462. The molecule has 1 rings (SSSR count). The average molecular weight is 254 g/mol. The van der Waals surface area contributed by atoms with Crippen LogP contribution in [-0.2, 0) is 16.1 Å². The van der Waals surface area contributed by atoms with E-state index in [-0.39, 0.29) is 6.42 Å². The van der Waals surface area contributed by atoms with E-state index in [9.17, 15) is 4.79 Å². The Morgan fingerprint density at radius 2 is 2.00 bits per heavy atom. The van der Waals surface area contributed by atoms with Crippen LogP contribution in [0.5, 0.6) is 0 Å². The molecule has 1 aromatic carbocycles. The van der Waals surface area contributed by atoms with Crippen LogP contribution in [0.3, 0.4) is 0 Å². The highest BCUT2D eigenvalue weighted by Crippen LogP contribution is 2.06. The van der Waals surface area contributed by atoms with E-state index in [1.807, 2.05) is 30.3 Å². The van der Waals surface area contributed by atoms with E-state index < -0.39 is 5.97 Å². The summed E-state index contributed by atoms with van der Waals surface area (Å²) in [7, 11) is 0. The minimum atomic E-state index is -0.724. The van der Waals surface area contributed by atoms with Gasteiger partial charge < -0.3 is 9.84 Å². The van der Waals surface area contributed by atoms with E-state index in [2.05, 4.69) is 0 Å².